The summed E-state index contributed by atoms with van der Waals surface area (Å²) in [6, 6.07) is 5.16. The molecule has 0 aliphatic heterocycles. The van der Waals surface area contributed by atoms with Gasteiger partial charge in [0.15, 0.2) is 0 Å². The number of rotatable bonds is 12. The fraction of sp³-hybridized carbons (Fsp3) is 0.727. The first-order valence-electron chi connectivity index (χ1n) is 10.0. The molecule has 0 heterocycles. The van der Waals surface area contributed by atoms with Gasteiger partial charge in [-0.3, -0.25) is 0 Å². The van der Waals surface area contributed by atoms with Gasteiger partial charge in [-0.2, -0.15) is 0 Å². The summed E-state index contributed by atoms with van der Waals surface area (Å²) in [5.41, 5.74) is 6.80. The molecule has 1 unspecified atom stereocenters. The lowest BCUT2D eigenvalue weighted by atomic mass is 9.79. The standard InChI is InChI=1S/C22H39NO2/c1-17(2)20(23)12-10-8-6-5-7-9-11-15-22(3,4)19-16-18(24)13-14-21(19)25/h13-14,16-17,20,24-25H,5-12,15,23H2,1-4H3. The number of hydrogen-bond donors (Lipinski definition) is 3. The van der Waals surface area contributed by atoms with E-state index in [1.165, 1.54) is 44.6 Å². The summed E-state index contributed by atoms with van der Waals surface area (Å²) < 4.78 is 0. The summed E-state index contributed by atoms with van der Waals surface area (Å²) >= 11 is 0. The van der Waals surface area contributed by atoms with Crippen LogP contribution in [0.2, 0.25) is 0 Å². The lowest BCUT2D eigenvalue weighted by molar-refractivity contribution is 0.398. The van der Waals surface area contributed by atoms with Crippen molar-refractivity contribution in [2.24, 2.45) is 11.7 Å². The molecular weight excluding hydrogens is 310 g/mol. The SMILES string of the molecule is CC(C)C(N)CCCCCCCCCC(C)(C)c1cc(O)ccc1O. The number of nitrogens with two attached hydrogens (primary N) is 1. The lowest BCUT2D eigenvalue weighted by Gasteiger charge is -2.26. The van der Waals surface area contributed by atoms with Crippen LogP contribution in [0.4, 0.5) is 0 Å². The van der Waals surface area contributed by atoms with Gasteiger partial charge in [-0.1, -0.05) is 72.6 Å². The monoisotopic (exact) mass is 349 g/mol. The van der Waals surface area contributed by atoms with Crippen molar-refractivity contribution in [3.05, 3.63) is 23.8 Å². The molecule has 0 saturated heterocycles. The molecule has 0 amide bonds. The third kappa shape index (κ3) is 8.13. The minimum atomic E-state index is -0.115. The molecule has 144 valence electrons. The Morgan fingerprint density at radius 3 is 2.08 bits per heavy atom. The fourth-order valence-corrected chi connectivity index (χ4v) is 3.36. The minimum absolute atomic E-state index is 0.115. The molecule has 4 N–H and O–H groups in total. The summed E-state index contributed by atoms with van der Waals surface area (Å²) in [5.74, 6) is 1.09. The Bertz CT molecular complexity index is 497. The molecule has 0 bridgehead atoms. The summed E-state index contributed by atoms with van der Waals surface area (Å²) in [7, 11) is 0. The van der Waals surface area contributed by atoms with Crippen molar-refractivity contribution in [1.82, 2.24) is 0 Å². The number of phenolic OH excluding ortho intramolecular Hbond substituents is 2. The Kier molecular flexibility index (Phi) is 9.34. The summed E-state index contributed by atoms with van der Waals surface area (Å²) in [5, 5.41) is 19.7. The Morgan fingerprint density at radius 2 is 1.48 bits per heavy atom. The quantitative estimate of drug-likeness (QED) is 0.326. The van der Waals surface area contributed by atoms with E-state index in [1.54, 1.807) is 12.1 Å². The van der Waals surface area contributed by atoms with Crippen LogP contribution in [-0.4, -0.2) is 16.3 Å². The van der Waals surface area contributed by atoms with E-state index in [-0.39, 0.29) is 16.9 Å². The smallest absolute Gasteiger partial charge is 0.119 e. The largest absolute Gasteiger partial charge is 0.508 e. The maximum Gasteiger partial charge on any atom is 0.119 e. The van der Waals surface area contributed by atoms with Gasteiger partial charge in [0.25, 0.3) is 0 Å². The lowest BCUT2D eigenvalue weighted by Crippen LogP contribution is -2.25. The van der Waals surface area contributed by atoms with Gasteiger partial charge in [-0.15, -0.1) is 0 Å². The van der Waals surface area contributed by atoms with Crippen LogP contribution >= 0.6 is 0 Å². The van der Waals surface area contributed by atoms with Crippen LogP contribution in [0, 0.1) is 5.92 Å². The Labute approximate surface area is 154 Å². The highest BCUT2D eigenvalue weighted by molar-refractivity contribution is 5.42. The molecule has 0 spiro atoms. The van der Waals surface area contributed by atoms with Crippen LogP contribution in [-0.2, 0) is 5.41 Å². The predicted octanol–water partition coefficient (Wildman–Crippen LogP) is 5.87. The Morgan fingerprint density at radius 1 is 0.920 bits per heavy atom. The topological polar surface area (TPSA) is 66.5 Å². The predicted molar refractivity (Wildman–Crippen MR) is 107 cm³/mol. The van der Waals surface area contributed by atoms with Crippen LogP contribution in [0.5, 0.6) is 11.5 Å². The molecule has 0 aliphatic carbocycles. The van der Waals surface area contributed by atoms with E-state index in [9.17, 15) is 10.2 Å². The maximum absolute atomic E-state index is 10.0. The van der Waals surface area contributed by atoms with Crippen LogP contribution in [0.25, 0.3) is 0 Å². The van der Waals surface area contributed by atoms with Gasteiger partial charge >= 0.3 is 0 Å². The van der Waals surface area contributed by atoms with Crippen molar-refractivity contribution in [3.63, 3.8) is 0 Å². The Hall–Kier alpha value is -1.22. The first-order valence-corrected chi connectivity index (χ1v) is 10.0. The molecule has 0 fully saturated rings. The van der Waals surface area contributed by atoms with Gasteiger partial charge in [-0.05, 0) is 42.4 Å². The minimum Gasteiger partial charge on any atom is -0.508 e. The van der Waals surface area contributed by atoms with Crippen LogP contribution in [0.3, 0.4) is 0 Å². The normalized spacial score (nSPS) is 13.4. The maximum atomic E-state index is 10.0. The zero-order valence-electron chi connectivity index (χ0n) is 16.7. The summed E-state index contributed by atoms with van der Waals surface area (Å²) in [6.45, 7) is 8.67. The van der Waals surface area contributed by atoms with E-state index in [4.69, 9.17) is 5.73 Å². The molecule has 1 atom stereocenters. The number of hydrogen-bond acceptors (Lipinski definition) is 3. The molecule has 0 aromatic heterocycles. The third-order valence-electron chi connectivity index (χ3n) is 5.40. The first kappa shape index (κ1) is 21.8. The molecule has 0 saturated carbocycles. The van der Waals surface area contributed by atoms with Crippen LogP contribution in [0.1, 0.15) is 91.0 Å². The van der Waals surface area contributed by atoms with Crippen molar-refractivity contribution < 1.29 is 10.2 Å². The van der Waals surface area contributed by atoms with E-state index in [1.807, 2.05) is 0 Å². The van der Waals surface area contributed by atoms with Gasteiger partial charge < -0.3 is 15.9 Å². The van der Waals surface area contributed by atoms with Crippen molar-refractivity contribution in [3.8, 4) is 11.5 Å². The van der Waals surface area contributed by atoms with Crippen molar-refractivity contribution in [1.29, 1.82) is 0 Å². The molecular formula is C22H39NO2. The molecule has 25 heavy (non-hydrogen) atoms. The molecule has 0 radical (unpaired) electrons. The number of unbranched alkanes of at least 4 members (excludes halogenated alkanes) is 6. The Balaban J connectivity index is 2.16. The average Bonchev–Trinajstić information content (AvgIpc) is 2.55. The van der Waals surface area contributed by atoms with Gasteiger partial charge in [0.2, 0.25) is 0 Å². The molecule has 1 rings (SSSR count). The summed E-state index contributed by atoms with van der Waals surface area (Å²) in [6.07, 6.45) is 11.0. The average molecular weight is 350 g/mol. The van der Waals surface area contributed by atoms with Crippen molar-refractivity contribution in [2.45, 2.75) is 96.9 Å². The summed E-state index contributed by atoms with van der Waals surface area (Å²) in [4.78, 5) is 0. The van der Waals surface area contributed by atoms with Gasteiger partial charge in [0.1, 0.15) is 11.5 Å². The van der Waals surface area contributed by atoms with E-state index in [0.29, 0.717) is 12.0 Å². The van der Waals surface area contributed by atoms with E-state index >= 15 is 0 Å². The highest BCUT2D eigenvalue weighted by atomic mass is 16.3. The molecule has 0 aliphatic rings. The highest BCUT2D eigenvalue weighted by Crippen LogP contribution is 2.37. The van der Waals surface area contributed by atoms with Gasteiger partial charge in [-0.25, -0.2) is 0 Å². The second-order valence-electron chi connectivity index (χ2n) is 8.51. The van der Waals surface area contributed by atoms with Crippen LogP contribution < -0.4 is 5.73 Å². The highest BCUT2D eigenvalue weighted by Gasteiger charge is 2.23. The van der Waals surface area contributed by atoms with Crippen molar-refractivity contribution in [2.75, 3.05) is 0 Å². The van der Waals surface area contributed by atoms with E-state index in [0.717, 1.165) is 24.8 Å². The molecule has 3 nitrogen and oxygen atoms in total. The van der Waals surface area contributed by atoms with E-state index < -0.39 is 0 Å². The van der Waals surface area contributed by atoms with Gasteiger partial charge in [0, 0.05) is 11.6 Å². The zero-order chi connectivity index (χ0) is 18.9. The van der Waals surface area contributed by atoms with Crippen molar-refractivity contribution >= 4 is 0 Å². The molecule has 1 aromatic carbocycles. The third-order valence-corrected chi connectivity index (χ3v) is 5.40. The number of benzene rings is 1. The number of aromatic hydroxyl groups is 2. The fourth-order valence-electron chi connectivity index (χ4n) is 3.36. The molecule has 3 heteroatoms. The van der Waals surface area contributed by atoms with E-state index in [2.05, 4.69) is 27.7 Å². The zero-order valence-corrected chi connectivity index (χ0v) is 16.7. The number of phenols is 2. The first-order chi connectivity index (χ1) is 11.7. The van der Waals surface area contributed by atoms with Gasteiger partial charge in [0.05, 0.1) is 0 Å². The second kappa shape index (κ2) is 10.7. The second-order valence-corrected chi connectivity index (χ2v) is 8.51. The molecule has 1 aromatic rings. The van der Waals surface area contributed by atoms with Crippen LogP contribution in [0.15, 0.2) is 18.2 Å².